The second-order valence-electron chi connectivity index (χ2n) is 5.72. The van der Waals surface area contributed by atoms with Gasteiger partial charge in [0.2, 0.25) is 0 Å². The number of ether oxygens (including phenoxy) is 1. The second-order valence-corrected chi connectivity index (χ2v) is 5.72. The Morgan fingerprint density at radius 1 is 1.00 bits per heavy atom. The van der Waals surface area contributed by atoms with Crippen LogP contribution in [0.2, 0.25) is 0 Å². The summed E-state index contributed by atoms with van der Waals surface area (Å²) in [5.41, 5.74) is 1.64. The summed E-state index contributed by atoms with van der Waals surface area (Å²) < 4.78 is 5.57. The van der Waals surface area contributed by atoms with Crippen molar-refractivity contribution in [1.29, 1.82) is 0 Å². The van der Waals surface area contributed by atoms with Gasteiger partial charge in [-0.1, -0.05) is 6.08 Å². The molecule has 2 amide bonds. The predicted octanol–water partition coefficient (Wildman–Crippen LogP) is 3.64. The van der Waals surface area contributed by atoms with E-state index in [1.807, 2.05) is 26.0 Å². The Morgan fingerprint density at radius 3 is 2.08 bits per heavy atom. The summed E-state index contributed by atoms with van der Waals surface area (Å²) in [5.74, 6) is 0.311. The number of anilines is 1. The summed E-state index contributed by atoms with van der Waals surface area (Å²) in [4.78, 5) is 24.1. The van der Waals surface area contributed by atoms with Gasteiger partial charge in [-0.2, -0.15) is 0 Å². The first kappa shape index (κ1) is 18.3. The maximum Gasteiger partial charge on any atom is 0.255 e. The molecule has 0 spiro atoms. The van der Waals surface area contributed by atoms with Gasteiger partial charge in [0.15, 0.2) is 0 Å². The van der Waals surface area contributed by atoms with Crippen LogP contribution >= 0.6 is 0 Å². The molecule has 0 saturated heterocycles. The number of nitrogens with one attached hydrogen (secondary N) is 2. The molecular weight excluding hydrogens is 316 g/mol. The summed E-state index contributed by atoms with van der Waals surface area (Å²) in [6, 6.07) is 13.7. The molecular formula is C20H22N2O3. The molecule has 0 aliphatic heterocycles. The lowest BCUT2D eigenvalue weighted by Gasteiger charge is -2.11. The minimum atomic E-state index is -0.240. The second kappa shape index (κ2) is 8.68. The van der Waals surface area contributed by atoms with E-state index in [1.54, 1.807) is 42.5 Å². The minimum absolute atomic E-state index is 0.0997. The average molecular weight is 338 g/mol. The molecule has 130 valence electrons. The van der Waals surface area contributed by atoms with Gasteiger partial charge < -0.3 is 15.4 Å². The fourth-order valence-electron chi connectivity index (χ4n) is 2.13. The van der Waals surface area contributed by atoms with Crippen molar-refractivity contribution >= 4 is 17.5 Å². The van der Waals surface area contributed by atoms with Crippen LogP contribution in [-0.2, 0) is 0 Å². The van der Waals surface area contributed by atoms with Crippen LogP contribution < -0.4 is 15.4 Å². The Morgan fingerprint density at radius 2 is 1.56 bits per heavy atom. The highest BCUT2D eigenvalue weighted by molar-refractivity contribution is 6.05. The fourth-order valence-corrected chi connectivity index (χ4v) is 2.13. The normalized spacial score (nSPS) is 10.2. The molecule has 0 saturated carbocycles. The molecule has 0 aliphatic carbocycles. The van der Waals surface area contributed by atoms with Crippen LogP contribution in [0.25, 0.3) is 0 Å². The van der Waals surface area contributed by atoms with E-state index in [0.29, 0.717) is 23.4 Å². The highest BCUT2D eigenvalue weighted by Gasteiger charge is 2.09. The van der Waals surface area contributed by atoms with Crippen LogP contribution in [0.15, 0.2) is 61.2 Å². The zero-order valence-corrected chi connectivity index (χ0v) is 14.4. The molecule has 2 rings (SSSR count). The Hall–Kier alpha value is -3.08. The summed E-state index contributed by atoms with van der Waals surface area (Å²) in [6.07, 6.45) is 1.71. The molecule has 0 heterocycles. The van der Waals surface area contributed by atoms with Gasteiger partial charge >= 0.3 is 0 Å². The molecule has 2 aromatic carbocycles. The summed E-state index contributed by atoms with van der Waals surface area (Å²) in [6.45, 7) is 7.86. The molecule has 0 bridgehead atoms. The van der Waals surface area contributed by atoms with Gasteiger partial charge in [0.05, 0.1) is 6.10 Å². The van der Waals surface area contributed by atoms with Crippen LogP contribution in [0, 0.1) is 0 Å². The number of carbonyl (C=O) groups is 2. The molecule has 0 fully saturated rings. The van der Waals surface area contributed by atoms with Gasteiger partial charge in [-0.25, -0.2) is 0 Å². The molecule has 0 aliphatic rings. The quantitative estimate of drug-likeness (QED) is 0.757. The van der Waals surface area contributed by atoms with Crippen LogP contribution in [0.3, 0.4) is 0 Å². The van der Waals surface area contributed by atoms with Crippen molar-refractivity contribution in [1.82, 2.24) is 5.32 Å². The van der Waals surface area contributed by atoms with E-state index in [9.17, 15) is 9.59 Å². The molecule has 5 heteroatoms. The third-order valence-corrected chi connectivity index (χ3v) is 3.30. The van der Waals surface area contributed by atoms with E-state index < -0.39 is 0 Å². The third kappa shape index (κ3) is 5.49. The SMILES string of the molecule is C=CCNC(=O)c1ccc(C(=O)Nc2ccc(OC(C)C)cc2)cc1. The first-order valence-corrected chi connectivity index (χ1v) is 8.07. The highest BCUT2D eigenvalue weighted by atomic mass is 16.5. The Balaban J connectivity index is 1.98. The first-order chi connectivity index (χ1) is 12.0. The number of rotatable bonds is 7. The van der Waals surface area contributed by atoms with Gasteiger partial charge in [-0.3, -0.25) is 9.59 Å². The zero-order chi connectivity index (χ0) is 18.2. The van der Waals surface area contributed by atoms with Crippen molar-refractivity contribution in [3.05, 3.63) is 72.3 Å². The number of hydrogen-bond donors (Lipinski definition) is 2. The fraction of sp³-hybridized carbons (Fsp3) is 0.200. The van der Waals surface area contributed by atoms with Crippen molar-refractivity contribution in [3.8, 4) is 5.75 Å². The Kier molecular flexibility index (Phi) is 6.34. The van der Waals surface area contributed by atoms with E-state index in [2.05, 4.69) is 17.2 Å². The number of hydrogen-bond acceptors (Lipinski definition) is 3. The molecule has 0 atom stereocenters. The average Bonchev–Trinajstić information content (AvgIpc) is 2.61. The van der Waals surface area contributed by atoms with Gasteiger partial charge in [-0.15, -0.1) is 6.58 Å². The largest absolute Gasteiger partial charge is 0.491 e. The van der Waals surface area contributed by atoms with E-state index in [4.69, 9.17) is 4.74 Å². The van der Waals surface area contributed by atoms with Crippen LogP contribution in [-0.4, -0.2) is 24.5 Å². The number of carbonyl (C=O) groups excluding carboxylic acids is 2. The minimum Gasteiger partial charge on any atom is -0.491 e. The maximum absolute atomic E-state index is 12.3. The summed E-state index contributed by atoms with van der Waals surface area (Å²) in [7, 11) is 0. The van der Waals surface area contributed by atoms with Gasteiger partial charge in [0.25, 0.3) is 11.8 Å². The lowest BCUT2D eigenvalue weighted by Crippen LogP contribution is -2.23. The molecule has 5 nitrogen and oxygen atoms in total. The van der Waals surface area contributed by atoms with Crippen LogP contribution in [0.4, 0.5) is 5.69 Å². The van der Waals surface area contributed by atoms with Crippen LogP contribution in [0.5, 0.6) is 5.75 Å². The van der Waals surface area contributed by atoms with Crippen LogP contribution in [0.1, 0.15) is 34.6 Å². The summed E-state index contributed by atoms with van der Waals surface area (Å²) in [5, 5.41) is 5.50. The van der Waals surface area contributed by atoms with Gasteiger partial charge in [-0.05, 0) is 62.4 Å². The van der Waals surface area contributed by atoms with E-state index in [1.165, 1.54) is 0 Å². The standard InChI is InChI=1S/C20H22N2O3/c1-4-13-21-19(23)15-5-7-16(8-6-15)20(24)22-17-9-11-18(12-10-17)25-14(2)3/h4-12,14H,1,13H2,2-3H3,(H,21,23)(H,22,24). The lowest BCUT2D eigenvalue weighted by atomic mass is 10.1. The van der Waals surface area contributed by atoms with Crippen molar-refractivity contribution in [3.63, 3.8) is 0 Å². The van der Waals surface area contributed by atoms with Crippen molar-refractivity contribution in [2.75, 3.05) is 11.9 Å². The monoisotopic (exact) mass is 338 g/mol. The first-order valence-electron chi connectivity index (χ1n) is 8.07. The molecule has 0 unspecified atom stereocenters. The van der Waals surface area contributed by atoms with E-state index in [0.717, 1.165) is 5.75 Å². The van der Waals surface area contributed by atoms with Gasteiger partial charge in [0.1, 0.15) is 5.75 Å². The maximum atomic E-state index is 12.3. The Bertz CT molecular complexity index is 735. The number of benzene rings is 2. The zero-order valence-electron chi connectivity index (χ0n) is 14.4. The smallest absolute Gasteiger partial charge is 0.255 e. The molecule has 0 radical (unpaired) electrons. The topological polar surface area (TPSA) is 67.4 Å². The highest BCUT2D eigenvalue weighted by Crippen LogP contribution is 2.17. The van der Waals surface area contributed by atoms with Crippen molar-refractivity contribution in [2.45, 2.75) is 20.0 Å². The van der Waals surface area contributed by atoms with Gasteiger partial charge in [0, 0.05) is 23.4 Å². The molecule has 2 aromatic rings. The van der Waals surface area contributed by atoms with E-state index in [-0.39, 0.29) is 17.9 Å². The predicted molar refractivity (Wildman–Crippen MR) is 99.1 cm³/mol. The summed E-state index contributed by atoms with van der Waals surface area (Å²) >= 11 is 0. The van der Waals surface area contributed by atoms with E-state index >= 15 is 0 Å². The molecule has 2 N–H and O–H groups in total. The van der Waals surface area contributed by atoms with Crippen molar-refractivity contribution < 1.29 is 14.3 Å². The number of amides is 2. The third-order valence-electron chi connectivity index (χ3n) is 3.30. The van der Waals surface area contributed by atoms with Crippen molar-refractivity contribution in [2.24, 2.45) is 0 Å². The lowest BCUT2D eigenvalue weighted by molar-refractivity contribution is 0.0956. The Labute approximate surface area is 147 Å². The molecule has 0 aromatic heterocycles. The molecule has 25 heavy (non-hydrogen) atoms.